The van der Waals surface area contributed by atoms with E-state index in [1.807, 2.05) is 0 Å². The summed E-state index contributed by atoms with van der Waals surface area (Å²) < 4.78 is 12.3. The predicted molar refractivity (Wildman–Crippen MR) is 67.6 cm³/mol. The van der Waals surface area contributed by atoms with Crippen molar-refractivity contribution >= 4 is 7.25 Å². The van der Waals surface area contributed by atoms with Gasteiger partial charge in [-0.3, -0.25) is 4.81 Å². The molecule has 0 aromatic rings. The molecule has 96 valence electrons. The number of hydrogen-bond donors (Lipinski definition) is 1. The Labute approximate surface area is 104 Å². The molecule has 2 bridgehead atoms. The fourth-order valence-electron chi connectivity index (χ4n) is 3.09. The molecule has 3 heterocycles. The lowest BCUT2D eigenvalue weighted by molar-refractivity contribution is 0.00578. The van der Waals surface area contributed by atoms with Gasteiger partial charge in [-0.15, -0.1) is 0 Å². The van der Waals surface area contributed by atoms with E-state index in [0.717, 1.165) is 13.1 Å². The zero-order valence-electron chi connectivity index (χ0n) is 11.3. The van der Waals surface area contributed by atoms with Crippen molar-refractivity contribution in [2.45, 2.75) is 63.8 Å². The summed E-state index contributed by atoms with van der Waals surface area (Å²) in [6, 6.07) is 1.17. The van der Waals surface area contributed by atoms with Crippen molar-refractivity contribution in [2.75, 3.05) is 13.1 Å². The third-order valence-corrected chi connectivity index (χ3v) is 4.92. The highest BCUT2D eigenvalue weighted by Crippen LogP contribution is 2.40. The first-order valence-electron chi connectivity index (χ1n) is 6.74. The van der Waals surface area contributed by atoms with E-state index in [1.54, 1.807) is 0 Å². The van der Waals surface area contributed by atoms with Gasteiger partial charge >= 0.3 is 7.25 Å². The summed E-state index contributed by atoms with van der Waals surface area (Å²) in [4.78, 5) is 2.45. The lowest BCUT2D eigenvalue weighted by Gasteiger charge is -2.36. The Balaban J connectivity index is 1.79. The first kappa shape index (κ1) is 12.0. The Bertz CT molecular complexity index is 290. The fraction of sp³-hybridized carbons (Fsp3) is 1.00. The standard InChI is InChI=1S/C12H23BN2O2/c1-11(2)12(3,4)17-13(16-11)15-9-5-6-10(15)8-14-7-9/h9-10,14H,5-8H2,1-4H3/t9-,10-/m1/s1. The molecule has 0 radical (unpaired) electrons. The molecule has 0 unspecified atom stereocenters. The van der Waals surface area contributed by atoms with Crippen LogP contribution in [0.3, 0.4) is 0 Å². The maximum atomic E-state index is 6.16. The van der Waals surface area contributed by atoms with Crippen LogP contribution in [0.1, 0.15) is 40.5 Å². The molecule has 3 rings (SSSR count). The monoisotopic (exact) mass is 238 g/mol. The molecule has 2 atom stereocenters. The zero-order valence-corrected chi connectivity index (χ0v) is 11.3. The van der Waals surface area contributed by atoms with Crippen molar-refractivity contribution < 1.29 is 9.31 Å². The molecule has 3 aliphatic rings. The lowest BCUT2D eigenvalue weighted by atomic mass is 9.90. The molecule has 17 heavy (non-hydrogen) atoms. The van der Waals surface area contributed by atoms with Gasteiger partial charge in [-0.05, 0) is 40.5 Å². The minimum atomic E-state index is -0.220. The maximum Gasteiger partial charge on any atom is 0.559 e. The van der Waals surface area contributed by atoms with Crippen LogP contribution in [0, 0.1) is 0 Å². The Morgan fingerprint density at radius 2 is 1.47 bits per heavy atom. The molecule has 5 heteroatoms. The van der Waals surface area contributed by atoms with Gasteiger partial charge in [0.05, 0.1) is 11.2 Å². The van der Waals surface area contributed by atoms with Crippen LogP contribution in [-0.2, 0) is 9.31 Å². The van der Waals surface area contributed by atoms with Gasteiger partial charge in [-0.1, -0.05) is 0 Å². The molecule has 0 aliphatic carbocycles. The molecule has 4 nitrogen and oxygen atoms in total. The van der Waals surface area contributed by atoms with Gasteiger partial charge in [0.1, 0.15) is 0 Å². The summed E-state index contributed by atoms with van der Waals surface area (Å²) in [5.74, 6) is 0. The normalized spacial score (nSPS) is 39.9. The van der Waals surface area contributed by atoms with Gasteiger partial charge in [0.25, 0.3) is 0 Å². The van der Waals surface area contributed by atoms with E-state index in [4.69, 9.17) is 9.31 Å². The van der Waals surface area contributed by atoms with Crippen molar-refractivity contribution in [1.29, 1.82) is 0 Å². The minimum absolute atomic E-state index is 0.153. The third-order valence-electron chi connectivity index (χ3n) is 4.92. The van der Waals surface area contributed by atoms with E-state index < -0.39 is 0 Å². The second-order valence-electron chi connectivity index (χ2n) is 6.55. The molecule has 3 aliphatic heterocycles. The molecule has 0 aromatic heterocycles. The van der Waals surface area contributed by atoms with Gasteiger partial charge in [0.15, 0.2) is 0 Å². The van der Waals surface area contributed by atoms with Crippen molar-refractivity contribution in [3.05, 3.63) is 0 Å². The van der Waals surface area contributed by atoms with Crippen LogP contribution in [-0.4, -0.2) is 48.4 Å². The van der Waals surface area contributed by atoms with Crippen LogP contribution in [0.5, 0.6) is 0 Å². The molecule has 3 fully saturated rings. The summed E-state index contributed by atoms with van der Waals surface area (Å²) >= 11 is 0. The molecule has 0 saturated carbocycles. The van der Waals surface area contributed by atoms with Crippen LogP contribution in [0.2, 0.25) is 0 Å². The quantitative estimate of drug-likeness (QED) is 0.691. The fourth-order valence-corrected chi connectivity index (χ4v) is 3.09. The Morgan fingerprint density at radius 3 is 1.94 bits per heavy atom. The van der Waals surface area contributed by atoms with Crippen molar-refractivity contribution in [3.8, 4) is 0 Å². The van der Waals surface area contributed by atoms with Crippen molar-refractivity contribution in [3.63, 3.8) is 0 Å². The van der Waals surface area contributed by atoms with Crippen LogP contribution in [0.25, 0.3) is 0 Å². The molecule has 0 spiro atoms. The van der Waals surface area contributed by atoms with E-state index in [1.165, 1.54) is 12.8 Å². The maximum absolute atomic E-state index is 6.16. The predicted octanol–water partition coefficient (Wildman–Crippen LogP) is 1.01. The van der Waals surface area contributed by atoms with Gasteiger partial charge in [-0.25, -0.2) is 0 Å². The summed E-state index contributed by atoms with van der Waals surface area (Å²) in [5, 5.41) is 3.49. The lowest BCUT2D eigenvalue weighted by Crippen LogP contribution is -2.58. The Morgan fingerprint density at radius 1 is 1.00 bits per heavy atom. The van der Waals surface area contributed by atoms with E-state index in [2.05, 4.69) is 37.8 Å². The van der Waals surface area contributed by atoms with Gasteiger partial charge in [-0.2, -0.15) is 0 Å². The highest BCUT2D eigenvalue weighted by Gasteiger charge is 2.57. The van der Waals surface area contributed by atoms with Crippen LogP contribution in [0.4, 0.5) is 0 Å². The first-order chi connectivity index (χ1) is 7.91. The van der Waals surface area contributed by atoms with Crippen molar-refractivity contribution in [1.82, 2.24) is 10.1 Å². The third kappa shape index (κ3) is 1.75. The largest absolute Gasteiger partial charge is 0.559 e. The van der Waals surface area contributed by atoms with E-state index >= 15 is 0 Å². The number of nitrogens with one attached hydrogen (secondary N) is 1. The Hall–Kier alpha value is -0.0951. The van der Waals surface area contributed by atoms with E-state index in [-0.39, 0.29) is 18.5 Å². The van der Waals surface area contributed by atoms with Crippen LogP contribution in [0.15, 0.2) is 0 Å². The second-order valence-corrected chi connectivity index (χ2v) is 6.55. The number of hydrogen-bond acceptors (Lipinski definition) is 4. The first-order valence-corrected chi connectivity index (χ1v) is 6.74. The molecular weight excluding hydrogens is 215 g/mol. The molecule has 0 amide bonds. The molecule has 3 saturated heterocycles. The number of nitrogens with zero attached hydrogens (tertiary/aromatic N) is 1. The summed E-state index contributed by atoms with van der Waals surface area (Å²) in [6.45, 7) is 10.6. The van der Waals surface area contributed by atoms with Gasteiger partial charge in [0.2, 0.25) is 0 Å². The van der Waals surface area contributed by atoms with Crippen molar-refractivity contribution in [2.24, 2.45) is 0 Å². The Kier molecular flexibility index (Phi) is 2.60. The van der Waals surface area contributed by atoms with Crippen LogP contribution >= 0.6 is 0 Å². The topological polar surface area (TPSA) is 33.7 Å². The number of rotatable bonds is 1. The molecule has 0 aromatic carbocycles. The SMILES string of the molecule is CC1(C)OB(N2[C@@H]3CC[C@@H]2CNC3)OC1(C)C. The van der Waals surface area contributed by atoms with Gasteiger partial charge < -0.3 is 14.6 Å². The smallest absolute Gasteiger partial charge is 0.389 e. The highest BCUT2D eigenvalue weighted by atomic mass is 16.7. The van der Waals surface area contributed by atoms with Gasteiger partial charge in [0, 0.05) is 25.2 Å². The summed E-state index contributed by atoms with van der Waals surface area (Å²) in [5.41, 5.74) is -0.441. The van der Waals surface area contributed by atoms with E-state index in [9.17, 15) is 0 Å². The average molecular weight is 238 g/mol. The highest BCUT2D eigenvalue weighted by molar-refractivity contribution is 6.42. The molecule has 1 N–H and O–H groups in total. The average Bonchev–Trinajstić information content (AvgIpc) is 2.58. The summed E-state index contributed by atoms with van der Waals surface area (Å²) in [6.07, 6.45) is 2.53. The zero-order chi connectivity index (χ0) is 12.3. The number of fused-ring (bicyclic) bond motifs is 2. The summed E-state index contributed by atoms with van der Waals surface area (Å²) in [7, 11) is -0.153. The second kappa shape index (κ2) is 3.70. The molecular formula is C12H23BN2O2. The number of piperazine rings is 1. The van der Waals surface area contributed by atoms with E-state index in [0.29, 0.717) is 12.1 Å². The van der Waals surface area contributed by atoms with Crippen LogP contribution < -0.4 is 5.32 Å². The minimum Gasteiger partial charge on any atom is -0.389 e.